The van der Waals surface area contributed by atoms with Gasteiger partial charge >= 0.3 is 0 Å². The highest BCUT2D eigenvalue weighted by atomic mass is 32.2. The minimum absolute atomic E-state index is 0.662. The molecule has 0 aliphatic heterocycles. The van der Waals surface area contributed by atoms with E-state index in [4.69, 9.17) is 0 Å². The van der Waals surface area contributed by atoms with E-state index >= 15 is 0 Å². The van der Waals surface area contributed by atoms with E-state index in [0.29, 0.717) is 11.3 Å². The van der Waals surface area contributed by atoms with Crippen LogP contribution in [0.25, 0.3) is 0 Å². The van der Waals surface area contributed by atoms with Crippen molar-refractivity contribution >= 4 is 11.8 Å². The predicted octanol–water partition coefficient (Wildman–Crippen LogP) is 3.48. The van der Waals surface area contributed by atoms with Crippen molar-refractivity contribution in [1.29, 1.82) is 0 Å². The van der Waals surface area contributed by atoms with Crippen molar-refractivity contribution in [3.05, 3.63) is 24.4 Å². The molecule has 1 heterocycles. The quantitative estimate of drug-likeness (QED) is 0.828. The number of pyridine rings is 1. The Morgan fingerprint density at radius 1 is 1.29 bits per heavy atom. The summed E-state index contributed by atoms with van der Waals surface area (Å²) in [6, 6.07) is 6.85. The van der Waals surface area contributed by atoms with Gasteiger partial charge in [-0.05, 0) is 31.5 Å². The maximum absolute atomic E-state index is 4.43. The van der Waals surface area contributed by atoms with Crippen LogP contribution in [0.3, 0.4) is 0 Å². The molecule has 3 heteroatoms. The zero-order chi connectivity index (χ0) is 11.9. The van der Waals surface area contributed by atoms with Gasteiger partial charge in [0.15, 0.2) is 0 Å². The van der Waals surface area contributed by atoms with Crippen molar-refractivity contribution in [3.8, 4) is 0 Å². The third-order valence-electron chi connectivity index (χ3n) is 3.33. The molecular formula is C14H22N2S. The van der Waals surface area contributed by atoms with Gasteiger partial charge in [-0.25, -0.2) is 4.98 Å². The number of rotatable bonds is 4. The van der Waals surface area contributed by atoms with Gasteiger partial charge in [0.1, 0.15) is 0 Å². The van der Waals surface area contributed by atoms with Crippen molar-refractivity contribution in [2.24, 2.45) is 0 Å². The first kappa shape index (κ1) is 12.9. The second-order valence-electron chi connectivity index (χ2n) is 4.63. The van der Waals surface area contributed by atoms with E-state index in [9.17, 15) is 0 Å². The van der Waals surface area contributed by atoms with E-state index in [1.807, 2.05) is 24.0 Å². The summed E-state index contributed by atoms with van der Waals surface area (Å²) >= 11 is 1.95. The number of hydrogen-bond acceptors (Lipinski definition) is 3. The fourth-order valence-electron chi connectivity index (χ4n) is 2.48. The van der Waals surface area contributed by atoms with Crippen LogP contribution in [0.2, 0.25) is 0 Å². The van der Waals surface area contributed by atoms with E-state index in [0.717, 1.165) is 6.54 Å². The Hall–Kier alpha value is -0.540. The van der Waals surface area contributed by atoms with Gasteiger partial charge in [0.25, 0.3) is 0 Å². The van der Waals surface area contributed by atoms with Crippen molar-refractivity contribution in [1.82, 2.24) is 10.3 Å². The topological polar surface area (TPSA) is 24.9 Å². The fourth-order valence-corrected chi connectivity index (χ4v) is 3.75. The zero-order valence-electron chi connectivity index (χ0n) is 10.6. The van der Waals surface area contributed by atoms with Gasteiger partial charge < -0.3 is 5.32 Å². The van der Waals surface area contributed by atoms with E-state index in [2.05, 4.69) is 29.4 Å². The van der Waals surface area contributed by atoms with Crippen LogP contribution in [0, 0.1) is 0 Å². The zero-order valence-corrected chi connectivity index (χ0v) is 11.4. The van der Waals surface area contributed by atoms with Crippen molar-refractivity contribution in [3.63, 3.8) is 0 Å². The molecular weight excluding hydrogens is 228 g/mol. The van der Waals surface area contributed by atoms with Gasteiger partial charge in [-0.15, -0.1) is 11.8 Å². The summed E-state index contributed by atoms with van der Waals surface area (Å²) in [6.45, 7) is 3.28. The average molecular weight is 250 g/mol. The Labute approximate surface area is 109 Å². The molecule has 2 rings (SSSR count). The first-order chi connectivity index (χ1) is 8.40. The minimum Gasteiger partial charge on any atom is -0.313 e. The molecule has 0 saturated heterocycles. The van der Waals surface area contributed by atoms with Crippen LogP contribution < -0.4 is 5.32 Å². The SMILES string of the molecule is CCNC1CCCCCC1Sc1ccccn1. The average Bonchev–Trinajstić information content (AvgIpc) is 2.57. The molecule has 1 aliphatic rings. The Morgan fingerprint density at radius 3 is 2.94 bits per heavy atom. The molecule has 2 atom stereocenters. The lowest BCUT2D eigenvalue weighted by molar-refractivity contribution is 0.482. The molecule has 2 unspecified atom stereocenters. The highest BCUT2D eigenvalue weighted by Crippen LogP contribution is 2.31. The number of thioether (sulfide) groups is 1. The molecule has 94 valence electrons. The summed E-state index contributed by atoms with van der Waals surface area (Å²) in [5.74, 6) is 0. The van der Waals surface area contributed by atoms with Crippen molar-refractivity contribution in [2.75, 3.05) is 6.54 Å². The maximum atomic E-state index is 4.43. The van der Waals surface area contributed by atoms with E-state index in [1.54, 1.807) is 0 Å². The van der Waals surface area contributed by atoms with E-state index < -0.39 is 0 Å². The lowest BCUT2D eigenvalue weighted by atomic mass is 10.1. The third kappa shape index (κ3) is 4.00. The molecule has 0 amide bonds. The molecule has 1 N–H and O–H groups in total. The second kappa shape index (κ2) is 7.02. The molecule has 1 aromatic rings. The monoisotopic (exact) mass is 250 g/mol. The van der Waals surface area contributed by atoms with Crippen LogP contribution in [-0.2, 0) is 0 Å². The summed E-state index contributed by atoms with van der Waals surface area (Å²) in [5, 5.41) is 5.50. The van der Waals surface area contributed by atoms with Crippen LogP contribution in [0.5, 0.6) is 0 Å². The summed E-state index contributed by atoms with van der Waals surface area (Å²) in [4.78, 5) is 4.43. The second-order valence-corrected chi connectivity index (χ2v) is 5.89. The lowest BCUT2D eigenvalue weighted by Crippen LogP contribution is -2.37. The van der Waals surface area contributed by atoms with Gasteiger partial charge in [0.05, 0.1) is 5.03 Å². The van der Waals surface area contributed by atoms with E-state index in [-0.39, 0.29) is 0 Å². The highest BCUT2D eigenvalue weighted by Gasteiger charge is 2.23. The van der Waals surface area contributed by atoms with Crippen LogP contribution >= 0.6 is 11.8 Å². The largest absolute Gasteiger partial charge is 0.313 e. The molecule has 0 aromatic carbocycles. The van der Waals surface area contributed by atoms with Gasteiger partial charge in [0.2, 0.25) is 0 Å². The van der Waals surface area contributed by atoms with Crippen molar-refractivity contribution < 1.29 is 0 Å². The molecule has 1 aromatic heterocycles. The Kier molecular flexibility index (Phi) is 5.33. The summed E-state index contributed by atoms with van der Waals surface area (Å²) < 4.78 is 0. The normalized spacial score (nSPS) is 25.5. The molecule has 0 radical (unpaired) electrons. The molecule has 1 fully saturated rings. The highest BCUT2D eigenvalue weighted by molar-refractivity contribution is 7.99. The number of hydrogen-bond donors (Lipinski definition) is 1. The first-order valence-electron chi connectivity index (χ1n) is 6.71. The summed E-state index contributed by atoms with van der Waals surface area (Å²) in [6.07, 6.45) is 8.66. The predicted molar refractivity (Wildman–Crippen MR) is 74.4 cm³/mol. The van der Waals surface area contributed by atoms with Crippen LogP contribution in [0.4, 0.5) is 0 Å². The smallest absolute Gasteiger partial charge is 0.0963 e. The maximum Gasteiger partial charge on any atom is 0.0963 e. The van der Waals surface area contributed by atoms with Gasteiger partial charge in [-0.2, -0.15) is 0 Å². The standard InChI is InChI=1S/C14H22N2S/c1-2-15-12-8-4-3-5-9-13(12)17-14-10-6-7-11-16-14/h6-7,10-13,15H,2-5,8-9H2,1H3. The number of aromatic nitrogens is 1. The van der Waals surface area contributed by atoms with Gasteiger partial charge in [-0.3, -0.25) is 0 Å². The Balaban J connectivity index is 1.99. The summed E-state index contributed by atoms with van der Waals surface area (Å²) in [7, 11) is 0. The number of nitrogens with one attached hydrogen (secondary N) is 1. The van der Waals surface area contributed by atoms with Crippen molar-refractivity contribution in [2.45, 2.75) is 55.3 Å². The Morgan fingerprint density at radius 2 is 2.18 bits per heavy atom. The number of nitrogens with zero attached hydrogens (tertiary/aromatic N) is 1. The molecule has 1 aliphatic carbocycles. The van der Waals surface area contributed by atoms with Gasteiger partial charge in [0, 0.05) is 17.5 Å². The third-order valence-corrected chi connectivity index (χ3v) is 4.68. The molecule has 0 bridgehead atoms. The Bertz CT molecular complexity index is 315. The lowest BCUT2D eigenvalue weighted by Gasteiger charge is -2.24. The minimum atomic E-state index is 0.662. The van der Waals surface area contributed by atoms with Gasteiger partial charge in [-0.1, -0.05) is 32.3 Å². The first-order valence-corrected chi connectivity index (χ1v) is 7.59. The molecule has 2 nitrogen and oxygen atoms in total. The molecule has 17 heavy (non-hydrogen) atoms. The van der Waals surface area contributed by atoms with Crippen LogP contribution in [-0.4, -0.2) is 22.8 Å². The van der Waals surface area contributed by atoms with E-state index in [1.165, 1.54) is 37.1 Å². The molecule has 0 spiro atoms. The van der Waals surface area contributed by atoms with Crippen LogP contribution in [0.15, 0.2) is 29.4 Å². The fraction of sp³-hybridized carbons (Fsp3) is 0.643. The van der Waals surface area contributed by atoms with Crippen LogP contribution in [0.1, 0.15) is 39.0 Å². The molecule has 1 saturated carbocycles. The summed E-state index contributed by atoms with van der Waals surface area (Å²) in [5.41, 5.74) is 0.